The first kappa shape index (κ1) is 23.3. The molecule has 3 unspecified atom stereocenters. The van der Waals surface area contributed by atoms with Gasteiger partial charge in [-0.2, -0.15) is 0 Å². The van der Waals surface area contributed by atoms with Crippen molar-refractivity contribution < 1.29 is 13.9 Å². The average molecular weight is 409 g/mol. The number of methoxy groups -OCH3 is 2. The summed E-state index contributed by atoms with van der Waals surface area (Å²) in [7, 11) is 4.02. The Kier molecular flexibility index (Phi) is 8.49. The number of nitrogens with zero attached hydrogens (tertiary/aromatic N) is 2. The minimum atomic E-state index is -1.55. The maximum Gasteiger partial charge on any atom is 0.192 e. The lowest BCUT2D eigenvalue weighted by atomic mass is 9.98. The van der Waals surface area contributed by atoms with Gasteiger partial charge in [0.15, 0.2) is 14.0 Å². The highest BCUT2D eigenvalue weighted by molar-refractivity contribution is 6.73. The van der Waals surface area contributed by atoms with Crippen molar-refractivity contribution in [3.8, 4) is 0 Å². The summed E-state index contributed by atoms with van der Waals surface area (Å²) in [5, 5.41) is 0. The molecule has 0 fully saturated rings. The largest absolute Gasteiger partial charge is 0.414 e. The Balaban J connectivity index is 2.03. The summed E-state index contributed by atoms with van der Waals surface area (Å²) in [5.41, 5.74) is 1.62. The molecule has 0 N–H and O–H groups in total. The molecule has 28 heavy (non-hydrogen) atoms. The summed E-state index contributed by atoms with van der Waals surface area (Å²) in [4.78, 5) is 5.03. The normalized spacial score (nSPS) is 23.8. The van der Waals surface area contributed by atoms with Gasteiger partial charge in [0.05, 0.1) is 11.4 Å². The van der Waals surface area contributed by atoms with Gasteiger partial charge in [-0.25, -0.2) is 0 Å². The molecular formula is C22H40N2O3Si. The molecule has 3 atom stereocenters. The van der Waals surface area contributed by atoms with Crippen LogP contribution in [0.15, 0.2) is 23.3 Å². The van der Waals surface area contributed by atoms with Gasteiger partial charge in [-0.1, -0.05) is 20.8 Å². The molecule has 0 aromatic carbocycles. The maximum absolute atomic E-state index is 6.59. The topological polar surface area (TPSA) is 45.0 Å². The SMILES string of the molecule is CC[Si](CC)(CC)OC(C)CCCC1(OC)N=C(c2cccn2C)CC1OC. The Hall–Kier alpha value is -0.953. The van der Waals surface area contributed by atoms with E-state index in [1.807, 2.05) is 0 Å². The van der Waals surface area contributed by atoms with Crippen molar-refractivity contribution in [2.45, 2.75) is 89.4 Å². The Bertz CT molecular complexity index is 633. The number of aryl methyl sites for hydroxylation is 1. The van der Waals surface area contributed by atoms with Crippen molar-refractivity contribution in [3.05, 3.63) is 24.0 Å². The van der Waals surface area contributed by atoms with Crippen LogP contribution in [0.3, 0.4) is 0 Å². The van der Waals surface area contributed by atoms with Gasteiger partial charge < -0.3 is 18.5 Å². The van der Waals surface area contributed by atoms with Crippen molar-refractivity contribution in [3.63, 3.8) is 0 Å². The van der Waals surface area contributed by atoms with E-state index in [-0.39, 0.29) is 6.10 Å². The molecule has 1 aromatic rings. The number of rotatable bonds is 12. The van der Waals surface area contributed by atoms with Gasteiger partial charge in [0.1, 0.15) is 6.10 Å². The minimum absolute atomic E-state index is 0.0472. The Morgan fingerprint density at radius 3 is 2.43 bits per heavy atom. The highest BCUT2D eigenvalue weighted by atomic mass is 28.4. The number of aromatic nitrogens is 1. The van der Waals surface area contributed by atoms with Crippen LogP contribution < -0.4 is 0 Å². The number of aliphatic imine (C=N–C) groups is 1. The third-order valence-electron chi connectivity index (χ3n) is 6.61. The van der Waals surface area contributed by atoms with E-state index in [4.69, 9.17) is 18.9 Å². The predicted octanol–water partition coefficient (Wildman–Crippen LogP) is 5.16. The molecule has 2 heterocycles. The van der Waals surface area contributed by atoms with E-state index >= 15 is 0 Å². The van der Waals surface area contributed by atoms with Crippen molar-refractivity contribution in [2.24, 2.45) is 12.0 Å². The summed E-state index contributed by atoms with van der Waals surface area (Å²) < 4.78 is 20.5. The summed E-state index contributed by atoms with van der Waals surface area (Å²) in [6, 6.07) is 7.75. The third-order valence-corrected chi connectivity index (χ3v) is 11.4. The Morgan fingerprint density at radius 2 is 1.93 bits per heavy atom. The standard InChI is InChI=1S/C22H40N2O3Si/c1-8-28(9-2,10-3)27-18(4)13-11-15-22(26-7)21(25-6)17-19(23-22)20-14-12-16-24(20)5/h12,14,16,18,21H,8-11,13,15,17H2,1-7H3. The fourth-order valence-corrected chi connectivity index (χ4v) is 7.47. The number of hydrogen-bond donors (Lipinski definition) is 0. The lowest BCUT2D eigenvalue weighted by molar-refractivity contribution is -0.106. The molecule has 1 aliphatic heterocycles. The van der Waals surface area contributed by atoms with Gasteiger partial charge in [0, 0.05) is 40.0 Å². The summed E-state index contributed by atoms with van der Waals surface area (Å²) in [6.45, 7) is 9.08. The molecule has 6 heteroatoms. The highest BCUT2D eigenvalue weighted by Gasteiger charge is 2.45. The summed E-state index contributed by atoms with van der Waals surface area (Å²) in [5.74, 6) is 0. The van der Waals surface area contributed by atoms with E-state index in [1.165, 1.54) is 18.1 Å². The zero-order valence-corrected chi connectivity index (χ0v) is 20.0. The third kappa shape index (κ3) is 4.96. The van der Waals surface area contributed by atoms with Gasteiger partial charge in [0.25, 0.3) is 0 Å². The minimum Gasteiger partial charge on any atom is -0.414 e. The average Bonchev–Trinajstić information content (AvgIpc) is 3.29. The molecule has 5 nitrogen and oxygen atoms in total. The first-order chi connectivity index (χ1) is 13.4. The molecular weight excluding hydrogens is 368 g/mol. The lowest BCUT2D eigenvalue weighted by Crippen LogP contribution is -2.41. The van der Waals surface area contributed by atoms with Crippen LogP contribution >= 0.6 is 0 Å². The zero-order chi connectivity index (χ0) is 20.8. The van der Waals surface area contributed by atoms with E-state index in [0.29, 0.717) is 6.10 Å². The zero-order valence-electron chi connectivity index (χ0n) is 19.0. The van der Waals surface area contributed by atoms with Crippen LogP contribution in [0, 0.1) is 0 Å². The molecule has 0 amide bonds. The van der Waals surface area contributed by atoms with E-state index < -0.39 is 14.0 Å². The predicted molar refractivity (Wildman–Crippen MR) is 119 cm³/mol. The van der Waals surface area contributed by atoms with Crippen LogP contribution in [-0.2, 0) is 20.9 Å². The van der Waals surface area contributed by atoms with Crippen molar-refractivity contribution in [2.75, 3.05) is 14.2 Å². The van der Waals surface area contributed by atoms with Crippen molar-refractivity contribution >= 4 is 14.0 Å². The molecule has 1 aliphatic rings. The smallest absolute Gasteiger partial charge is 0.192 e. The monoisotopic (exact) mass is 408 g/mol. The fraction of sp³-hybridized carbons (Fsp3) is 0.773. The van der Waals surface area contributed by atoms with Crippen molar-refractivity contribution in [1.82, 2.24) is 4.57 Å². The molecule has 160 valence electrons. The van der Waals surface area contributed by atoms with E-state index in [0.717, 1.165) is 37.1 Å². The second-order valence-corrected chi connectivity index (χ2v) is 12.8. The lowest BCUT2D eigenvalue weighted by Gasteiger charge is -2.33. The molecule has 0 spiro atoms. The van der Waals surface area contributed by atoms with Crippen LogP contribution in [-0.4, -0.2) is 50.7 Å². The second kappa shape index (κ2) is 10.2. The van der Waals surface area contributed by atoms with Gasteiger partial charge in [0.2, 0.25) is 0 Å². The van der Waals surface area contributed by atoms with Crippen LogP contribution in [0.1, 0.15) is 59.1 Å². The van der Waals surface area contributed by atoms with Crippen LogP contribution in [0.5, 0.6) is 0 Å². The Labute approximate surface area is 172 Å². The van der Waals surface area contributed by atoms with Crippen LogP contribution in [0.2, 0.25) is 18.1 Å². The first-order valence-corrected chi connectivity index (χ1v) is 13.4. The van der Waals surface area contributed by atoms with Crippen LogP contribution in [0.25, 0.3) is 0 Å². The number of ether oxygens (including phenoxy) is 2. The second-order valence-electron chi connectivity index (χ2n) is 8.10. The molecule has 0 saturated carbocycles. The quantitative estimate of drug-likeness (QED) is 0.449. The summed E-state index contributed by atoms with van der Waals surface area (Å²) in [6.07, 6.45) is 5.98. The Morgan fingerprint density at radius 1 is 1.25 bits per heavy atom. The van der Waals surface area contributed by atoms with Gasteiger partial charge in [-0.05, 0) is 56.5 Å². The van der Waals surface area contributed by atoms with E-state index in [9.17, 15) is 0 Å². The molecule has 0 aliphatic carbocycles. The van der Waals surface area contributed by atoms with Gasteiger partial charge >= 0.3 is 0 Å². The molecule has 2 rings (SSSR count). The molecule has 0 saturated heterocycles. The fourth-order valence-electron chi connectivity index (χ4n) is 4.50. The maximum atomic E-state index is 6.59. The first-order valence-electron chi connectivity index (χ1n) is 10.8. The molecule has 1 aromatic heterocycles. The summed E-state index contributed by atoms with van der Waals surface area (Å²) >= 11 is 0. The van der Waals surface area contributed by atoms with Gasteiger partial charge in [-0.3, -0.25) is 4.99 Å². The molecule has 0 bridgehead atoms. The highest BCUT2D eigenvalue weighted by Crippen LogP contribution is 2.36. The van der Waals surface area contributed by atoms with Crippen molar-refractivity contribution in [1.29, 1.82) is 0 Å². The van der Waals surface area contributed by atoms with E-state index in [2.05, 4.69) is 57.6 Å². The number of hydrogen-bond acceptors (Lipinski definition) is 4. The molecule has 0 radical (unpaired) electrons. The van der Waals surface area contributed by atoms with Gasteiger partial charge in [-0.15, -0.1) is 0 Å². The van der Waals surface area contributed by atoms with E-state index in [1.54, 1.807) is 14.2 Å². The van der Waals surface area contributed by atoms with Crippen LogP contribution in [0.4, 0.5) is 0 Å².